The van der Waals surface area contributed by atoms with Crippen LogP contribution in [0.2, 0.25) is 0 Å². The molecule has 74 heavy (non-hydrogen) atoms. The minimum atomic E-state index is -3.66. The van der Waals surface area contributed by atoms with Gasteiger partial charge in [-0.3, -0.25) is 14.4 Å². The van der Waals surface area contributed by atoms with Crippen molar-refractivity contribution in [3.8, 4) is 22.5 Å². The molecule has 0 radical (unpaired) electrons. The molecular formula is C52H70F2N6O12S2. The van der Waals surface area contributed by atoms with Gasteiger partial charge in [-0.05, 0) is 102 Å². The first-order chi connectivity index (χ1) is 33.9. The van der Waals surface area contributed by atoms with Gasteiger partial charge in [-0.2, -0.15) is 0 Å². The monoisotopic (exact) mass is 1070 g/mol. The van der Waals surface area contributed by atoms with E-state index in [1.165, 1.54) is 74.8 Å². The van der Waals surface area contributed by atoms with E-state index in [0.717, 1.165) is 21.1 Å². The van der Waals surface area contributed by atoms with Crippen LogP contribution in [0, 0.1) is 11.6 Å². The van der Waals surface area contributed by atoms with Gasteiger partial charge in [-0.25, -0.2) is 54.2 Å². The van der Waals surface area contributed by atoms with E-state index in [1.807, 2.05) is 27.7 Å². The van der Waals surface area contributed by atoms with Gasteiger partial charge in [-0.15, -0.1) is 0 Å². The third-order valence-electron chi connectivity index (χ3n) is 10.3. The molecule has 0 aliphatic carbocycles. The Morgan fingerprint density at radius 1 is 0.608 bits per heavy atom. The number of carbonyl (C=O) groups is 3. The summed E-state index contributed by atoms with van der Waals surface area (Å²) >= 11 is 0. The molecule has 0 unspecified atom stereocenters. The van der Waals surface area contributed by atoms with E-state index >= 15 is 0 Å². The highest BCUT2D eigenvalue weighted by molar-refractivity contribution is 7.92. The fourth-order valence-electron chi connectivity index (χ4n) is 6.73. The average molecular weight is 1070 g/mol. The molecule has 4 aromatic rings. The molecular weight excluding hydrogens is 1000 g/mol. The number of rotatable bonds is 20. The molecule has 22 heteroatoms. The summed E-state index contributed by atoms with van der Waals surface area (Å²) in [5.74, 6) is -3.08. The van der Waals surface area contributed by atoms with Crippen LogP contribution in [0.15, 0.2) is 60.7 Å². The molecule has 2 heterocycles. The number of ketones is 1. The van der Waals surface area contributed by atoms with Crippen molar-refractivity contribution in [3.63, 3.8) is 0 Å². The third-order valence-corrected chi connectivity index (χ3v) is 12.6. The predicted octanol–water partition coefficient (Wildman–Crippen LogP) is 7.53. The molecule has 3 atom stereocenters. The quantitative estimate of drug-likeness (QED) is 0.0571. The van der Waals surface area contributed by atoms with Crippen molar-refractivity contribution >= 4 is 61.8 Å². The summed E-state index contributed by atoms with van der Waals surface area (Å²) < 4.78 is 88.1. The number of ether oxygens (including phenoxy) is 2. The van der Waals surface area contributed by atoms with Crippen LogP contribution in [-0.2, 0) is 43.9 Å². The van der Waals surface area contributed by atoms with Crippen molar-refractivity contribution < 1.29 is 64.8 Å². The fourth-order valence-corrected chi connectivity index (χ4v) is 7.49. The summed E-state index contributed by atoms with van der Waals surface area (Å²) in [6.45, 7) is 17.7. The summed E-state index contributed by atoms with van der Waals surface area (Å²) in [4.78, 5) is 54.0. The van der Waals surface area contributed by atoms with Gasteiger partial charge in [0.05, 0.1) is 60.0 Å². The van der Waals surface area contributed by atoms with Gasteiger partial charge in [-0.1, -0.05) is 52.0 Å². The van der Waals surface area contributed by atoms with Gasteiger partial charge in [0.25, 0.3) is 0 Å². The van der Waals surface area contributed by atoms with E-state index in [2.05, 4.69) is 19.9 Å². The smallest absolute Gasteiger partial charge is 0.313 e. The zero-order chi connectivity index (χ0) is 56.3. The lowest BCUT2D eigenvalue weighted by molar-refractivity contribution is -0.158. The number of benzene rings is 2. The summed E-state index contributed by atoms with van der Waals surface area (Å²) in [6, 6.07) is 11.1. The molecule has 2 aromatic carbocycles. The van der Waals surface area contributed by atoms with Crippen LogP contribution in [0.5, 0.6) is 0 Å². The first-order valence-corrected chi connectivity index (χ1v) is 27.2. The second-order valence-corrected chi connectivity index (χ2v) is 24.2. The van der Waals surface area contributed by atoms with Gasteiger partial charge in [0.2, 0.25) is 31.9 Å². The maximum absolute atomic E-state index is 13.6. The molecule has 0 bridgehead atoms. The highest BCUT2D eigenvalue weighted by Gasteiger charge is 2.26. The van der Waals surface area contributed by atoms with Crippen LogP contribution in [0.25, 0.3) is 34.7 Å². The van der Waals surface area contributed by atoms with Crippen molar-refractivity contribution in [2.45, 2.75) is 136 Å². The Morgan fingerprint density at radius 2 is 0.973 bits per heavy atom. The minimum absolute atomic E-state index is 0.0454. The molecule has 0 aliphatic rings. The third kappa shape index (κ3) is 20.0. The summed E-state index contributed by atoms with van der Waals surface area (Å²) in [7, 11) is -4.64. The number of esters is 2. The van der Waals surface area contributed by atoms with Crippen molar-refractivity contribution in [2.24, 2.45) is 0 Å². The molecule has 0 aliphatic heterocycles. The zero-order valence-electron chi connectivity index (χ0n) is 44.4. The van der Waals surface area contributed by atoms with Crippen LogP contribution < -0.4 is 8.61 Å². The number of hydrogen-bond donors (Lipinski definition) is 3. The summed E-state index contributed by atoms with van der Waals surface area (Å²) in [5, 5.41) is 31.2. The number of anilines is 2. The topological polar surface area (TPSA) is 257 Å². The lowest BCUT2D eigenvalue weighted by Gasteiger charge is -2.21. The Hall–Kier alpha value is -6.07. The number of carbonyl (C=O) groups excluding carboxylic acids is 3. The van der Waals surface area contributed by atoms with E-state index in [1.54, 1.807) is 53.7 Å². The second kappa shape index (κ2) is 25.9. The normalized spacial score (nSPS) is 13.6. The van der Waals surface area contributed by atoms with Crippen LogP contribution in [0.4, 0.5) is 20.7 Å². The van der Waals surface area contributed by atoms with E-state index in [0.29, 0.717) is 45.0 Å². The molecule has 0 saturated heterocycles. The molecule has 3 N–H and O–H groups in total. The van der Waals surface area contributed by atoms with E-state index < -0.39 is 85.3 Å². The molecule has 0 saturated carbocycles. The van der Waals surface area contributed by atoms with E-state index in [-0.39, 0.29) is 43.0 Å². The standard InChI is InChI=1S/C26H36FN3O6S.C26H34FN3O6S/c2*1-16(2)23-21(13-12-19(31)14-20(32)15-22(33)36-26(3,4)5)24(17-8-10-18(27)11-9-17)29-25(28-23)30(6)37(7,34)35/h8-13,16,19-20,31-32H,14-15H2,1-7H3;8-13,16,19,31H,14-15H2,1-7H3/b2*13-12+/t19-,20-;19-/m11/s1. The number of aliphatic hydroxyl groups excluding tert-OH is 3. The molecule has 0 spiro atoms. The lowest BCUT2D eigenvalue weighted by atomic mass is 9.97. The van der Waals surface area contributed by atoms with Gasteiger partial charge in [0.1, 0.15) is 35.0 Å². The van der Waals surface area contributed by atoms with Gasteiger partial charge in [0.15, 0.2) is 0 Å². The van der Waals surface area contributed by atoms with Crippen LogP contribution in [0.3, 0.4) is 0 Å². The number of hydrogen-bond acceptors (Lipinski definition) is 16. The van der Waals surface area contributed by atoms with Crippen LogP contribution in [0.1, 0.15) is 129 Å². The number of halogens is 2. The van der Waals surface area contributed by atoms with Crippen molar-refractivity contribution in [1.29, 1.82) is 0 Å². The summed E-state index contributed by atoms with van der Waals surface area (Å²) in [5.41, 5.74) is 2.28. The first-order valence-electron chi connectivity index (χ1n) is 23.5. The average Bonchev–Trinajstić information content (AvgIpc) is 3.25. The fraction of sp³-hybridized carbons (Fsp3) is 0.481. The summed E-state index contributed by atoms with van der Waals surface area (Å²) in [6.07, 6.45) is 3.41. The highest BCUT2D eigenvalue weighted by atomic mass is 32.2. The number of sulfonamides is 2. The van der Waals surface area contributed by atoms with Crippen LogP contribution >= 0.6 is 0 Å². The van der Waals surface area contributed by atoms with Gasteiger partial charge < -0.3 is 24.8 Å². The van der Waals surface area contributed by atoms with Gasteiger partial charge in [0, 0.05) is 49.2 Å². The SMILES string of the molecule is CC(C)c1nc(N(C)S(C)(=O)=O)nc(-c2ccc(F)cc2)c1/C=C/[C@@H](O)CC(=O)CC(=O)OC(C)(C)C.CC(C)c1nc(N(C)S(C)(=O)=O)nc(-c2ccc(F)cc2)c1/C=C/[C@@H](O)C[C@@H](O)CC(=O)OC(C)(C)C. The maximum Gasteiger partial charge on any atom is 0.313 e. The second-order valence-electron chi connectivity index (χ2n) is 20.2. The van der Waals surface area contributed by atoms with Crippen molar-refractivity contribution in [2.75, 3.05) is 35.2 Å². The Kier molecular flexibility index (Phi) is 21.8. The number of nitrogens with zero attached hydrogens (tertiary/aromatic N) is 6. The zero-order valence-corrected chi connectivity index (χ0v) is 46.0. The molecule has 18 nitrogen and oxygen atoms in total. The first kappa shape index (κ1) is 62.2. The molecule has 406 valence electrons. The Morgan fingerprint density at radius 3 is 1.32 bits per heavy atom. The Labute approximate surface area is 433 Å². The Balaban J connectivity index is 0.000000390. The van der Waals surface area contributed by atoms with E-state index in [4.69, 9.17) is 9.47 Å². The molecule has 2 aromatic heterocycles. The van der Waals surface area contributed by atoms with Crippen molar-refractivity contribution in [3.05, 3.63) is 94.8 Å². The molecule has 0 amide bonds. The number of Topliss-reactive ketones (excluding diaryl/α,β-unsaturated/α-hetero) is 1. The maximum atomic E-state index is 13.6. The largest absolute Gasteiger partial charge is 0.460 e. The molecule has 0 fully saturated rings. The Bertz CT molecular complexity index is 2880. The highest BCUT2D eigenvalue weighted by Crippen LogP contribution is 2.34. The molecule has 4 rings (SSSR count). The number of aromatic nitrogens is 4. The van der Waals surface area contributed by atoms with Gasteiger partial charge >= 0.3 is 11.9 Å². The van der Waals surface area contributed by atoms with E-state index in [9.17, 15) is 55.3 Å². The lowest BCUT2D eigenvalue weighted by Crippen LogP contribution is -2.28. The number of aliphatic hydroxyl groups is 3. The predicted molar refractivity (Wildman–Crippen MR) is 281 cm³/mol. The minimum Gasteiger partial charge on any atom is -0.460 e. The van der Waals surface area contributed by atoms with Crippen LogP contribution in [-0.4, -0.2) is 126 Å². The van der Waals surface area contributed by atoms with Crippen molar-refractivity contribution in [1.82, 2.24) is 19.9 Å².